The first-order valence-electron chi connectivity index (χ1n) is 2.77. The van der Waals surface area contributed by atoms with Gasteiger partial charge in [-0.05, 0) is 0 Å². The molecule has 1 rings (SSSR count). The number of ketones is 2. The van der Waals surface area contributed by atoms with Gasteiger partial charge in [0.15, 0.2) is 0 Å². The maximum Gasteiger partial charge on any atom is 0.212 e. The van der Waals surface area contributed by atoms with Crippen LogP contribution < -0.4 is 0 Å². The summed E-state index contributed by atoms with van der Waals surface area (Å²) in [6.07, 6.45) is 0. The van der Waals surface area contributed by atoms with Crippen molar-refractivity contribution in [3.8, 4) is 0 Å². The minimum absolute atomic E-state index is 0.0160. The van der Waals surface area contributed by atoms with Gasteiger partial charge in [-0.25, -0.2) is 0 Å². The third-order valence-electron chi connectivity index (χ3n) is 1.28. The van der Waals surface area contributed by atoms with Gasteiger partial charge in [-0.2, -0.15) is 0 Å². The van der Waals surface area contributed by atoms with E-state index in [0.29, 0.717) is 0 Å². The van der Waals surface area contributed by atoms with E-state index in [0.717, 1.165) is 0 Å². The fourth-order valence-electron chi connectivity index (χ4n) is 0.638. The van der Waals surface area contributed by atoms with Crippen LogP contribution >= 0.6 is 49.5 Å². The molecule has 0 aliphatic heterocycles. The highest BCUT2D eigenvalue weighted by atomic mass is 35.5. The van der Waals surface area contributed by atoms with Crippen LogP contribution in [0, 0.1) is 0 Å². The van der Waals surface area contributed by atoms with E-state index < -0.39 is 11.6 Å². The highest BCUT2D eigenvalue weighted by molar-refractivity contribution is 7.91. The lowest BCUT2D eigenvalue weighted by Gasteiger charge is -2.11. The molecule has 0 unspecified atom stereocenters. The first-order valence-corrected chi connectivity index (χ1v) is 4.49. The second-order valence-electron chi connectivity index (χ2n) is 2.02. The summed E-state index contributed by atoms with van der Waals surface area (Å²) < 4.78 is 0. The second kappa shape index (κ2) is 3.49. The summed E-state index contributed by atoms with van der Waals surface area (Å²) in [5.41, 5.74) is 0. The lowest BCUT2D eigenvalue weighted by atomic mass is 10.1. The Hall–Kier alpha value is 0.160. The van der Waals surface area contributed by atoms with Gasteiger partial charge in [-0.3, -0.25) is 9.59 Å². The van der Waals surface area contributed by atoms with E-state index in [4.69, 9.17) is 11.6 Å². The molecule has 12 heavy (non-hydrogen) atoms. The molecule has 1 aliphatic rings. The van der Waals surface area contributed by atoms with Crippen LogP contribution in [0.5, 0.6) is 0 Å². The summed E-state index contributed by atoms with van der Waals surface area (Å²) in [4.78, 5) is 22.1. The number of carbonyl (C=O) groups excluding carboxylic acids is 2. The molecule has 0 saturated carbocycles. The standard InChI is InChI=1S/C6H3ClO2S3/c7-1-2(8)5(11)6(12)3(9)4(1)10/h10-12H. The Balaban J connectivity index is 3.32. The van der Waals surface area contributed by atoms with Gasteiger partial charge in [0.1, 0.15) is 5.03 Å². The maximum absolute atomic E-state index is 11.1. The molecular formula is C6H3ClO2S3. The van der Waals surface area contributed by atoms with Gasteiger partial charge in [0.2, 0.25) is 11.6 Å². The molecule has 0 aromatic heterocycles. The van der Waals surface area contributed by atoms with Gasteiger partial charge in [0.25, 0.3) is 0 Å². The smallest absolute Gasteiger partial charge is 0.212 e. The molecule has 0 heterocycles. The number of rotatable bonds is 0. The van der Waals surface area contributed by atoms with Crippen molar-refractivity contribution >= 4 is 61.1 Å². The minimum Gasteiger partial charge on any atom is -0.287 e. The zero-order chi connectivity index (χ0) is 9.46. The highest BCUT2D eigenvalue weighted by Gasteiger charge is 2.28. The lowest BCUT2D eigenvalue weighted by Crippen LogP contribution is -2.14. The van der Waals surface area contributed by atoms with Crippen molar-refractivity contribution in [2.45, 2.75) is 0 Å². The third-order valence-corrected chi connectivity index (χ3v) is 3.23. The molecule has 6 heteroatoms. The number of Topliss-reactive ketones (excluding diaryl/α,β-unsaturated/α-hetero) is 2. The summed E-state index contributed by atoms with van der Waals surface area (Å²) in [6.45, 7) is 0. The molecule has 1 aliphatic carbocycles. The van der Waals surface area contributed by atoms with Crippen LogP contribution in [0.4, 0.5) is 0 Å². The Morgan fingerprint density at radius 1 is 0.833 bits per heavy atom. The number of hydrogen-bond acceptors (Lipinski definition) is 5. The summed E-state index contributed by atoms with van der Waals surface area (Å²) in [5, 5.41) is -0.203. The van der Waals surface area contributed by atoms with E-state index in [-0.39, 0.29) is 19.7 Å². The van der Waals surface area contributed by atoms with E-state index in [2.05, 4.69) is 37.9 Å². The van der Waals surface area contributed by atoms with Gasteiger partial charge < -0.3 is 0 Å². The molecule has 2 nitrogen and oxygen atoms in total. The predicted molar refractivity (Wildman–Crippen MR) is 56.9 cm³/mol. The lowest BCUT2D eigenvalue weighted by molar-refractivity contribution is -0.114. The zero-order valence-electron chi connectivity index (χ0n) is 5.54. The number of hydrogen-bond donors (Lipinski definition) is 3. The molecule has 0 bridgehead atoms. The van der Waals surface area contributed by atoms with Crippen molar-refractivity contribution in [1.29, 1.82) is 0 Å². The van der Waals surface area contributed by atoms with E-state index in [1.54, 1.807) is 0 Å². The van der Waals surface area contributed by atoms with Crippen LogP contribution in [0.2, 0.25) is 0 Å². The van der Waals surface area contributed by atoms with Crippen molar-refractivity contribution in [2.24, 2.45) is 0 Å². The number of thiol groups is 3. The van der Waals surface area contributed by atoms with Crippen molar-refractivity contribution in [3.63, 3.8) is 0 Å². The first-order chi connectivity index (χ1) is 5.46. The molecule has 0 N–H and O–H groups in total. The summed E-state index contributed by atoms with van der Waals surface area (Å²) in [5.74, 6) is -0.995. The SMILES string of the molecule is O=C1C(S)=C(S)C(=O)C(Cl)=C1S. The van der Waals surface area contributed by atoms with Crippen LogP contribution in [0.3, 0.4) is 0 Å². The Labute approximate surface area is 90.3 Å². The van der Waals surface area contributed by atoms with Crippen LogP contribution in [-0.2, 0) is 9.59 Å². The average Bonchev–Trinajstić information content (AvgIpc) is 2.08. The van der Waals surface area contributed by atoms with E-state index in [1.807, 2.05) is 0 Å². The summed E-state index contributed by atoms with van der Waals surface area (Å²) in [7, 11) is 0. The highest BCUT2D eigenvalue weighted by Crippen LogP contribution is 2.32. The number of halogens is 1. The Kier molecular flexibility index (Phi) is 2.98. The molecule has 64 valence electrons. The second-order valence-corrected chi connectivity index (χ2v) is 3.74. The molecule has 0 radical (unpaired) electrons. The summed E-state index contributed by atoms with van der Waals surface area (Å²) >= 11 is 16.9. The predicted octanol–water partition coefficient (Wildman–Crippen LogP) is 1.59. The van der Waals surface area contributed by atoms with Crippen molar-refractivity contribution in [1.82, 2.24) is 0 Å². The van der Waals surface area contributed by atoms with E-state index >= 15 is 0 Å². The normalized spacial score (nSPS) is 19.3. The van der Waals surface area contributed by atoms with Crippen LogP contribution in [0.1, 0.15) is 0 Å². The van der Waals surface area contributed by atoms with Crippen molar-refractivity contribution in [3.05, 3.63) is 19.7 Å². The van der Waals surface area contributed by atoms with E-state index in [9.17, 15) is 9.59 Å². The van der Waals surface area contributed by atoms with Crippen LogP contribution in [0.15, 0.2) is 19.7 Å². The number of carbonyl (C=O) groups is 2. The topological polar surface area (TPSA) is 34.1 Å². The third kappa shape index (κ3) is 1.46. The molecule has 0 amide bonds. The summed E-state index contributed by atoms with van der Waals surface area (Å²) in [6, 6.07) is 0. The van der Waals surface area contributed by atoms with Gasteiger partial charge in [0, 0.05) is 0 Å². The van der Waals surface area contributed by atoms with E-state index in [1.165, 1.54) is 0 Å². The Morgan fingerprint density at radius 3 is 1.75 bits per heavy atom. The van der Waals surface area contributed by atoms with Crippen LogP contribution in [0.25, 0.3) is 0 Å². The maximum atomic E-state index is 11.1. The van der Waals surface area contributed by atoms with Crippen molar-refractivity contribution in [2.75, 3.05) is 0 Å². The molecular weight excluding hydrogens is 236 g/mol. The van der Waals surface area contributed by atoms with Gasteiger partial charge >= 0.3 is 0 Å². The number of allylic oxidation sites excluding steroid dienone is 4. The Morgan fingerprint density at radius 2 is 1.25 bits per heavy atom. The largest absolute Gasteiger partial charge is 0.287 e. The average molecular weight is 239 g/mol. The van der Waals surface area contributed by atoms with Crippen molar-refractivity contribution < 1.29 is 9.59 Å². The van der Waals surface area contributed by atoms with Crippen LogP contribution in [-0.4, -0.2) is 11.6 Å². The molecule has 0 aromatic rings. The molecule has 0 fully saturated rings. The Bertz CT molecular complexity index is 281. The fourth-order valence-corrected chi connectivity index (χ4v) is 1.61. The monoisotopic (exact) mass is 238 g/mol. The quantitative estimate of drug-likeness (QED) is 0.443. The fraction of sp³-hybridized carbons (Fsp3) is 0. The molecule has 0 aromatic carbocycles. The zero-order valence-corrected chi connectivity index (χ0v) is 8.98. The molecule has 0 saturated heterocycles. The first kappa shape index (κ1) is 10.2. The van der Waals surface area contributed by atoms with Gasteiger partial charge in [-0.15, -0.1) is 37.9 Å². The molecule has 0 atom stereocenters. The minimum atomic E-state index is -0.519. The molecule has 0 spiro atoms. The van der Waals surface area contributed by atoms with Gasteiger partial charge in [0.05, 0.1) is 14.7 Å². The van der Waals surface area contributed by atoms with Gasteiger partial charge in [-0.1, -0.05) is 11.6 Å².